The molecular formula is C27H35N3O2. The molecule has 0 N–H and O–H groups in total. The maximum Gasteiger partial charge on any atom is 0.266 e. The Hall–Kier alpha value is -2.95. The quantitative estimate of drug-likeness (QED) is 0.396. The van der Waals surface area contributed by atoms with Gasteiger partial charge in [-0.25, -0.2) is 4.98 Å². The lowest BCUT2D eigenvalue weighted by molar-refractivity contribution is -0.133. The normalized spacial score (nSPS) is 12.2. The summed E-state index contributed by atoms with van der Waals surface area (Å²) in [6.45, 7) is 10.7. The summed E-state index contributed by atoms with van der Waals surface area (Å²) in [5.74, 6) is 0.720. The summed E-state index contributed by atoms with van der Waals surface area (Å²) in [6.07, 6.45) is 4.78. The van der Waals surface area contributed by atoms with E-state index in [1.807, 2.05) is 75.1 Å². The highest BCUT2D eigenvalue weighted by molar-refractivity contribution is 5.79. The van der Waals surface area contributed by atoms with Crippen LogP contribution < -0.4 is 5.56 Å². The van der Waals surface area contributed by atoms with Crippen LogP contribution in [0.3, 0.4) is 0 Å². The first-order valence-corrected chi connectivity index (χ1v) is 11.8. The number of para-hydroxylation sites is 1. The molecular weight excluding hydrogens is 398 g/mol. The highest BCUT2D eigenvalue weighted by Gasteiger charge is 2.26. The van der Waals surface area contributed by atoms with Gasteiger partial charge in [0, 0.05) is 13.0 Å². The Labute approximate surface area is 191 Å². The Balaban J connectivity index is 2.12. The number of nitrogens with zero attached hydrogens (tertiary/aromatic N) is 3. The van der Waals surface area contributed by atoms with Gasteiger partial charge in [0.25, 0.3) is 5.56 Å². The zero-order valence-corrected chi connectivity index (χ0v) is 20.0. The lowest BCUT2D eigenvalue weighted by atomic mass is 10.1. The third kappa shape index (κ3) is 4.93. The summed E-state index contributed by atoms with van der Waals surface area (Å²) in [5.41, 5.74) is 3.45. The van der Waals surface area contributed by atoms with Crippen LogP contribution in [-0.4, -0.2) is 26.9 Å². The van der Waals surface area contributed by atoms with E-state index in [4.69, 9.17) is 4.98 Å². The lowest BCUT2D eigenvalue weighted by Crippen LogP contribution is -2.37. The van der Waals surface area contributed by atoms with Gasteiger partial charge >= 0.3 is 0 Å². The summed E-state index contributed by atoms with van der Waals surface area (Å²) in [5, 5.41) is 0.582. The second kappa shape index (κ2) is 10.6. The second-order valence-corrected chi connectivity index (χ2v) is 8.58. The Kier molecular flexibility index (Phi) is 7.84. The molecule has 0 saturated carbocycles. The van der Waals surface area contributed by atoms with Gasteiger partial charge in [0.15, 0.2) is 0 Å². The van der Waals surface area contributed by atoms with Crippen LogP contribution in [0.25, 0.3) is 16.6 Å². The third-order valence-electron chi connectivity index (χ3n) is 6.15. The minimum absolute atomic E-state index is 0.0994. The van der Waals surface area contributed by atoms with Gasteiger partial charge < -0.3 is 4.90 Å². The molecule has 0 radical (unpaired) electrons. The first kappa shape index (κ1) is 23.7. The molecule has 1 atom stereocenters. The van der Waals surface area contributed by atoms with Crippen LogP contribution in [0.1, 0.15) is 75.9 Å². The zero-order chi connectivity index (χ0) is 23.3. The van der Waals surface area contributed by atoms with E-state index in [0.717, 1.165) is 42.5 Å². The van der Waals surface area contributed by atoms with Gasteiger partial charge in [0.2, 0.25) is 5.91 Å². The van der Waals surface area contributed by atoms with Crippen LogP contribution in [0.2, 0.25) is 0 Å². The standard InChI is InChI=1S/C27H35N3O2/c1-6-8-9-10-15-25(31)29(7-2)21(5)26-28-23-14-12-11-13-22(23)27(32)30(26)24-18-19(3)16-17-20(24)4/h11-14,16-18,21H,6-10,15H2,1-5H3. The maximum absolute atomic E-state index is 13.7. The number of hydrogen-bond acceptors (Lipinski definition) is 3. The average Bonchev–Trinajstić information content (AvgIpc) is 2.79. The molecule has 0 aliphatic heterocycles. The molecule has 32 heavy (non-hydrogen) atoms. The van der Waals surface area contributed by atoms with Gasteiger partial charge in [0.05, 0.1) is 22.6 Å². The summed E-state index contributed by atoms with van der Waals surface area (Å²) in [7, 11) is 0. The van der Waals surface area contributed by atoms with Crippen LogP contribution in [-0.2, 0) is 4.79 Å². The SMILES string of the molecule is CCCCCCC(=O)N(CC)C(C)c1nc2ccccc2c(=O)n1-c1cc(C)ccc1C. The largest absolute Gasteiger partial charge is 0.333 e. The summed E-state index contributed by atoms with van der Waals surface area (Å²) in [6, 6.07) is 13.2. The predicted molar refractivity (Wildman–Crippen MR) is 131 cm³/mol. The lowest BCUT2D eigenvalue weighted by Gasteiger charge is -2.30. The van der Waals surface area contributed by atoms with Crippen molar-refractivity contribution in [1.82, 2.24) is 14.5 Å². The number of aromatic nitrogens is 2. The van der Waals surface area contributed by atoms with Gasteiger partial charge in [-0.2, -0.15) is 0 Å². The van der Waals surface area contributed by atoms with Crippen molar-refractivity contribution >= 4 is 16.8 Å². The monoisotopic (exact) mass is 433 g/mol. The number of benzene rings is 2. The topological polar surface area (TPSA) is 55.2 Å². The number of fused-ring (bicyclic) bond motifs is 1. The first-order valence-electron chi connectivity index (χ1n) is 11.8. The second-order valence-electron chi connectivity index (χ2n) is 8.58. The average molecular weight is 434 g/mol. The Bertz CT molecular complexity index is 1150. The number of carbonyl (C=O) groups is 1. The molecule has 0 bridgehead atoms. The van der Waals surface area contributed by atoms with Crippen LogP contribution >= 0.6 is 0 Å². The maximum atomic E-state index is 13.7. The minimum atomic E-state index is -0.323. The fraction of sp³-hybridized carbons (Fsp3) is 0.444. The molecule has 1 amide bonds. The molecule has 5 nitrogen and oxygen atoms in total. The van der Waals surface area contributed by atoms with E-state index < -0.39 is 0 Å². The predicted octanol–water partition coefficient (Wildman–Crippen LogP) is 5.88. The summed E-state index contributed by atoms with van der Waals surface area (Å²) < 4.78 is 1.71. The number of amides is 1. The van der Waals surface area contributed by atoms with Crippen molar-refractivity contribution in [3.63, 3.8) is 0 Å². The van der Waals surface area contributed by atoms with Gasteiger partial charge in [-0.05, 0) is 63.4 Å². The molecule has 3 aromatic rings. The van der Waals surface area contributed by atoms with Crippen molar-refractivity contribution in [3.05, 3.63) is 69.8 Å². The smallest absolute Gasteiger partial charge is 0.266 e. The van der Waals surface area contributed by atoms with E-state index in [9.17, 15) is 9.59 Å². The van der Waals surface area contributed by atoms with Gasteiger partial charge in [-0.15, -0.1) is 0 Å². The summed E-state index contributed by atoms with van der Waals surface area (Å²) in [4.78, 5) is 33.5. The van der Waals surface area contributed by atoms with Gasteiger partial charge in [-0.3, -0.25) is 14.2 Å². The summed E-state index contributed by atoms with van der Waals surface area (Å²) >= 11 is 0. The fourth-order valence-corrected chi connectivity index (χ4v) is 4.28. The van der Waals surface area contributed by atoms with Crippen LogP contribution in [0.5, 0.6) is 0 Å². The highest BCUT2D eigenvalue weighted by atomic mass is 16.2. The molecule has 0 fully saturated rings. The van der Waals surface area contributed by atoms with Crippen LogP contribution in [0.15, 0.2) is 47.3 Å². The van der Waals surface area contributed by atoms with Crippen molar-refractivity contribution in [2.24, 2.45) is 0 Å². The molecule has 1 heterocycles. The Morgan fingerprint density at radius 2 is 1.81 bits per heavy atom. The molecule has 170 valence electrons. The molecule has 5 heteroatoms. The number of rotatable bonds is 9. The van der Waals surface area contributed by atoms with Gasteiger partial charge in [-0.1, -0.05) is 50.5 Å². The number of hydrogen-bond donors (Lipinski definition) is 0. The van der Waals surface area contributed by atoms with Crippen molar-refractivity contribution in [2.75, 3.05) is 6.54 Å². The Morgan fingerprint density at radius 1 is 1.06 bits per heavy atom. The molecule has 1 aromatic heterocycles. The fourth-order valence-electron chi connectivity index (χ4n) is 4.28. The molecule has 0 saturated heterocycles. The third-order valence-corrected chi connectivity index (χ3v) is 6.15. The minimum Gasteiger partial charge on any atom is -0.333 e. The van der Waals surface area contributed by atoms with Gasteiger partial charge in [0.1, 0.15) is 5.82 Å². The van der Waals surface area contributed by atoms with Crippen molar-refractivity contribution in [2.45, 2.75) is 72.8 Å². The van der Waals surface area contributed by atoms with E-state index in [0.29, 0.717) is 29.7 Å². The van der Waals surface area contributed by atoms with E-state index in [1.165, 1.54) is 0 Å². The van der Waals surface area contributed by atoms with Crippen molar-refractivity contribution in [3.8, 4) is 5.69 Å². The van der Waals surface area contributed by atoms with E-state index in [2.05, 4.69) is 6.92 Å². The molecule has 0 spiro atoms. The van der Waals surface area contributed by atoms with Crippen molar-refractivity contribution in [1.29, 1.82) is 0 Å². The van der Waals surface area contributed by atoms with E-state index in [-0.39, 0.29) is 17.5 Å². The highest BCUT2D eigenvalue weighted by Crippen LogP contribution is 2.25. The van der Waals surface area contributed by atoms with E-state index in [1.54, 1.807) is 4.57 Å². The molecule has 1 unspecified atom stereocenters. The van der Waals surface area contributed by atoms with E-state index >= 15 is 0 Å². The van der Waals surface area contributed by atoms with Crippen LogP contribution in [0, 0.1) is 13.8 Å². The number of aryl methyl sites for hydroxylation is 2. The van der Waals surface area contributed by atoms with Crippen molar-refractivity contribution < 1.29 is 4.79 Å². The number of carbonyl (C=O) groups excluding carboxylic acids is 1. The number of unbranched alkanes of at least 4 members (excludes halogenated alkanes) is 3. The Morgan fingerprint density at radius 3 is 2.53 bits per heavy atom. The van der Waals surface area contributed by atoms with Crippen LogP contribution in [0.4, 0.5) is 0 Å². The molecule has 0 aliphatic rings. The molecule has 3 rings (SSSR count). The first-order chi connectivity index (χ1) is 15.4. The zero-order valence-electron chi connectivity index (χ0n) is 20.0. The molecule has 2 aromatic carbocycles. The molecule has 0 aliphatic carbocycles.